The van der Waals surface area contributed by atoms with E-state index < -0.39 is 5.97 Å². The van der Waals surface area contributed by atoms with Crippen molar-refractivity contribution in [1.82, 2.24) is 14.7 Å². The van der Waals surface area contributed by atoms with Crippen molar-refractivity contribution in [3.05, 3.63) is 39.8 Å². The summed E-state index contributed by atoms with van der Waals surface area (Å²) in [7, 11) is 0. The molecule has 122 valence electrons. The van der Waals surface area contributed by atoms with Gasteiger partial charge in [-0.3, -0.25) is 9.48 Å². The fourth-order valence-corrected chi connectivity index (χ4v) is 3.89. The largest absolute Gasteiger partial charge is 0.478 e. The van der Waals surface area contributed by atoms with Crippen molar-refractivity contribution in [3.63, 3.8) is 0 Å². The second-order valence-corrected chi connectivity index (χ2v) is 6.58. The quantitative estimate of drug-likeness (QED) is 0.933. The molecule has 0 saturated carbocycles. The molecule has 0 spiro atoms. The van der Waals surface area contributed by atoms with Gasteiger partial charge in [-0.1, -0.05) is 6.92 Å². The highest BCUT2D eigenvalue weighted by Crippen LogP contribution is 2.26. The number of rotatable bonds is 4. The Labute approximate surface area is 138 Å². The van der Waals surface area contributed by atoms with E-state index in [9.17, 15) is 9.59 Å². The molecule has 2 aromatic rings. The van der Waals surface area contributed by atoms with Crippen molar-refractivity contribution >= 4 is 23.2 Å². The van der Waals surface area contributed by atoms with Crippen molar-refractivity contribution < 1.29 is 14.7 Å². The number of thiophene rings is 1. The number of carbonyl (C=O) groups is 2. The summed E-state index contributed by atoms with van der Waals surface area (Å²) >= 11 is 1.51. The summed E-state index contributed by atoms with van der Waals surface area (Å²) in [6.07, 6.45) is 5.39. The summed E-state index contributed by atoms with van der Waals surface area (Å²) in [5.74, 6) is -0.851. The zero-order valence-electron chi connectivity index (χ0n) is 12.9. The topological polar surface area (TPSA) is 75.4 Å². The Bertz CT molecular complexity index is 714. The lowest BCUT2D eigenvalue weighted by Crippen LogP contribution is -2.39. The van der Waals surface area contributed by atoms with Gasteiger partial charge in [0.2, 0.25) is 0 Å². The number of carbonyl (C=O) groups excluding carboxylic acids is 1. The van der Waals surface area contributed by atoms with Crippen LogP contribution in [0.5, 0.6) is 0 Å². The van der Waals surface area contributed by atoms with Crippen LogP contribution in [0.25, 0.3) is 0 Å². The van der Waals surface area contributed by atoms with Crippen LogP contribution in [0.3, 0.4) is 0 Å². The first-order valence-electron chi connectivity index (χ1n) is 7.73. The second-order valence-electron chi connectivity index (χ2n) is 5.67. The number of likely N-dealkylation sites (tertiary alicyclic amines) is 1. The molecule has 0 bridgehead atoms. The molecule has 6 nitrogen and oxygen atoms in total. The first-order chi connectivity index (χ1) is 11.1. The highest BCUT2D eigenvalue weighted by Gasteiger charge is 2.26. The number of aromatic nitrogens is 2. The summed E-state index contributed by atoms with van der Waals surface area (Å²) in [6.45, 7) is 3.41. The van der Waals surface area contributed by atoms with E-state index in [0.29, 0.717) is 13.1 Å². The van der Waals surface area contributed by atoms with Crippen LogP contribution in [0.2, 0.25) is 0 Å². The Morgan fingerprint density at radius 1 is 1.39 bits per heavy atom. The zero-order valence-corrected chi connectivity index (χ0v) is 13.8. The SMILES string of the molecule is CCc1ccsc1C(=O)N1CCC(n2cc(C(=O)O)cn2)CC1. The fraction of sp³-hybridized carbons (Fsp3) is 0.438. The molecule has 0 aromatic carbocycles. The summed E-state index contributed by atoms with van der Waals surface area (Å²) in [5.41, 5.74) is 1.31. The van der Waals surface area contributed by atoms with Gasteiger partial charge in [-0.05, 0) is 36.3 Å². The van der Waals surface area contributed by atoms with E-state index in [4.69, 9.17) is 5.11 Å². The monoisotopic (exact) mass is 333 g/mol. The molecule has 0 radical (unpaired) electrons. The number of hydrogen-bond acceptors (Lipinski definition) is 4. The second kappa shape index (κ2) is 6.54. The predicted molar refractivity (Wildman–Crippen MR) is 87.1 cm³/mol. The van der Waals surface area contributed by atoms with E-state index in [2.05, 4.69) is 12.0 Å². The van der Waals surface area contributed by atoms with Crippen LogP contribution in [-0.2, 0) is 6.42 Å². The van der Waals surface area contributed by atoms with Crippen molar-refractivity contribution in [2.75, 3.05) is 13.1 Å². The molecule has 23 heavy (non-hydrogen) atoms. The molecule has 0 atom stereocenters. The molecule has 3 rings (SSSR count). The molecule has 1 aliphatic rings. The Morgan fingerprint density at radius 2 is 2.13 bits per heavy atom. The van der Waals surface area contributed by atoms with Gasteiger partial charge >= 0.3 is 5.97 Å². The lowest BCUT2D eigenvalue weighted by molar-refractivity contribution is 0.0691. The number of carboxylic acid groups (broad SMARTS) is 1. The van der Waals surface area contributed by atoms with E-state index in [1.807, 2.05) is 16.3 Å². The van der Waals surface area contributed by atoms with Crippen LogP contribution < -0.4 is 0 Å². The first-order valence-corrected chi connectivity index (χ1v) is 8.61. The Hall–Kier alpha value is -2.15. The third kappa shape index (κ3) is 3.14. The number of carboxylic acids is 1. The Kier molecular flexibility index (Phi) is 4.47. The molecular weight excluding hydrogens is 314 g/mol. The van der Waals surface area contributed by atoms with Crippen LogP contribution in [0, 0.1) is 0 Å². The van der Waals surface area contributed by atoms with Gasteiger partial charge < -0.3 is 10.0 Å². The van der Waals surface area contributed by atoms with Gasteiger partial charge in [0, 0.05) is 19.3 Å². The third-order valence-corrected chi connectivity index (χ3v) is 5.24. The summed E-state index contributed by atoms with van der Waals surface area (Å²) in [5, 5.41) is 15.1. The summed E-state index contributed by atoms with van der Waals surface area (Å²) in [4.78, 5) is 26.3. The lowest BCUT2D eigenvalue weighted by Gasteiger charge is -2.32. The van der Waals surface area contributed by atoms with Crippen LogP contribution in [0.15, 0.2) is 23.8 Å². The molecule has 1 N–H and O–H groups in total. The van der Waals surface area contributed by atoms with Crippen molar-refractivity contribution in [1.29, 1.82) is 0 Å². The van der Waals surface area contributed by atoms with Gasteiger partial charge in [-0.25, -0.2) is 4.79 Å². The van der Waals surface area contributed by atoms with Gasteiger partial charge in [0.25, 0.3) is 5.91 Å². The van der Waals surface area contributed by atoms with Crippen LogP contribution in [-0.4, -0.2) is 44.8 Å². The van der Waals surface area contributed by atoms with E-state index in [1.54, 1.807) is 10.9 Å². The molecule has 1 amide bonds. The zero-order chi connectivity index (χ0) is 16.4. The molecule has 3 heterocycles. The van der Waals surface area contributed by atoms with Gasteiger partial charge in [-0.2, -0.15) is 5.10 Å². The van der Waals surface area contributed by atoms with E-state index >= 15 is 0 Å². The molecule has 1 fully saturated rings. The van der Waals surface area contributed by atoms with Gasteiger partial charge in [0.05, 0.1) is 22.7 Å². The molecule has 1 aliphatic heterocycles. The molecule has 7 heteroatoms. The minimum absolute atomic E-state index is 0.113. The highest BCUT2D eigenvalue weighted by atomic mass is 32.1. The molecule has 2 aromatic heterocycles. The van der Waals surface area contributed by atoms with Crippen LogP contribution in [0.4, 0.5) is 0 Å². The van der Waals surface area contributed by atoms with Crippen molar-refractivity contribution in [2.24, 2.45) is 0 Å². The maximum Gasteiger partial charge on any atom is 0.338 e. The molecular formula is C16H19N3O3S. The normalized spacial score (nSPS) is 15.8. The Balaban J connectivity index is 1.64. The first kappa shape index (κ1) is 15.7. The minimum Gasteiger partial charge on any atom is -0.478 e. The number of piperidine rings is 1. The molecule has 1 saturated heterocycles. The number of aromatic carboxylic acids is 1. The number of hydrogen-bond donors (Lipinski definition) is 1. The fourth-order valence-electron chi connectivity index (χ4n) is 2.93. The van der Waals surface area contributed by atoms with Gasteiger partial charge in [0.1, 0.15) is 0 Å². The van der Waals surface area contributed by atoms with E-state index in [1.165, 1.54) is 17.5 Å². The van der Waals surface area contributed by atoms with Gasteiger partial charge in [-0.15, -0.1) is 11.3 Å². The number of nitrogens with zero attached hydrogens (tertiary/aromatic N) is 3. The Morgan fingerprint density at radius 3 is 2.74 bits per heavy atom. The van der Waals surface area contributed by atoms with E-state index in [0.717, 1.165) is 29.7 Å². The van der Waals surface area contributed by atoms with Crippen molar-refractivity contribution in [2.45, 2.75) is 32.2 Å². The third-order valence-electron chi connectivity index (χ3n) is 4.30. The van der Waals surface area contributed by atoms with Crippen LogP contribution in [0.1, 0.15) is 51.4 Å². The van der Waals surface area contributed by atoms with Crippen molar-refractivity contribution in [3.8, 4) is 0 Å². The summed E-state index contributed by atoms with van der Waals surface area (Å²) < 4.78 is 1.72. The lowest BCUT2D eigenvalue weighted by atomic mass is 10.0. The maximum atomic E-state index is 12.6. The maximum absolute atomic E-state index is 12.6. The predicted octanol–water partition coefficient (Wildman–Crippen LogP) is 2.68. The highest BCUT2D eigenvalue weighted by molar-refractivity contribution is 7.12. The average Bonchev–Trinajstić information content (AvgIpc) is 3.23. The standard InChI is InChI=1S/C16H19N3O3S/c1-2-11-5-8-23-14(11)15(20)18-6-3-13(4-7-18)19-10-12(9-17-19)16(21)22/h5,8-10,13H,2-4,6-7H2,1H3,(H,21,22). The van der Waals surface area contributed by atoms with Gasteiger partial charge in [0.15, 0.2) is 0 Å². The van der Waals surface area contributed by atoms with E-state index in [-0.39, 0.29) is 17.5 Å². The van der Waals surface area contributed by atoms with Crippen LogP contribution >= 0.6 is 11.3 Å². The number of amides is 1. The minimum atomic E-state index is -0.964. The average molecular weight is 333 g/mol. The number of aryl methyl sites for hydroxylation is 1. The smallest absolute Gasteiger partial charge is 0.338 e. The molecule has 0 unspecified atom stereocenters. The summed E-state index contributed by atoms with van der Waals surface area (Å²) in [6, 6.07) is 2.17. The molecule has 0 aliphatic carbocycles.